The van der Waals surface area contributed by atoms with Gasteiger partial charge in [-0.15, -0.1) is 0 Å². The molecular formula is C18H13NO. The zero-order valence-electron chi connectivity index (χ0n) is 10.8. The molecule has 1 N–H and O–H groups in total. The van der Waals surface area contributed by atoms with Crippen LogP contribution in [0.1, 0.15) is 16.8 Å². The molecule has 0 bridgehead atoms. The fraction of sp³-hybridized carbons (Fsp3) is 0.0556. The predicted octanol–water partition coefficient (Wildman–Crippen LogP) is 3.35. The molecule has 0 saturated carbocycles. The maximum absolute atomic E-state index is 11.4. The summed E-state index contributed by atoms with van der Waals surface area (Å²) < 4.78 is 0. The smallest absolute Gasteiger partial charge is 0.158 e. The number of aliphatic hydroxyl groups is 1. The summed E-state index contributed by atoms with van der Waals surface area (Å²) in [5.41, 5.74) is 3.47. The van der Waals surface area contributed by atoms with Crippen LogP contribution in [0.5, 0.6) is 0 Å². The van der Waals surface area contributed by atoms with Gasteiger partial charge < -0.3 is 5.11 Å². The fourth-order valence-electron chi connectivity index (χ4n) is 3.06. The Labute approximate surface area is 117 Å². The van der Waals surface area contributed by atoms with Gasteiger partial charge in [0.15, 0.2) is 5.60 Å². The molecule has 2 heteroatoms. The molecule has 1 aliphatic carbocycles. The number of pyridine rings is 1. The van der Waals surface area contributed by atoms with Gasteiger partial charge in [-0.1, -0.05) is 54.6 Å². The lowest BCUT2D eigenvalue weighted by molar-refractivity contribution is 0.126. The van der Waals surface area contributed by atoms with Gasteiger partial charge in [0.05, 0.1) is 5.69 Å². The highest BCUT2D eigenvalue weighted by Gasteiger charge is 2.43. The van der Waals surface area contributed by atoms with Crippen LogP contribution in [0.15, 0.2) is 72.9 Å². The maximum Gasteiger partial charge on any atom is 0.158 e. The van der Waals surface area contributed by atoms with Crippen LogP contribution in [0, 0.1) is 0 Å². The predicted molar refractivity (Wildman–Crippen MR) is 78.2 cm³/mol. The zero-order chi connectivity index (χ0) is 13.6. The van der Waals surface area contributed by atoms with E-state index in [1.165, 1.54) is 0 Å². The van der Waals surface area contributed by atoms with Crippen molar-refractivity contribution in [3.05, 3.63) is 89.7 Å². The Kier molecular flexibility index (Phi) is 2.29. The normalized spacial score (nSPS) is 14.7. The van der Waals surface area contributed by atoms with Gasteiger partial charge in [-0.2, -0.15) is 0 Å². The van der Waals surface area contributed by atoms with Gasteiger partial charge in [-0.3, -0.25) is 4.98 Å². The van der Waals surface area contributed by atoms with Crippen LogP contribution in [-0.2, 0) is 5.60 Å². The molecule has 0 amide bonds. The first kappa shape index (κ1) is 11.4. The molecule has 4 rings (SSSR count). The Morgan fingerprint density at radius 2 is 1.25 bits per heavy atom. The summed E-state index contributed by atoms with van der Waals surface area (Å²) in [6.45, 7) is 0. The van der Waals surface area contributed by atoms with E-state index in [0.29, 0.717) is 5.69 Å². The summed E-state index contributed by atoms with van der Waals surface area (Å²) in [5, 5.41) is 11.4. The maximum atomic E-state index is 11.4. The third-order valence-corrected chi connectivity index (χ3v) is 3.96. The molecule has 0 atom stereocenters. The molecule has 0 saturated heterocycles. The van der Waals surface area contributed by atoms with Crippen LogP contribution < -0.4 is 0 Å². The number of rotatable bonds is 1. The Balaban J connectivity index is 2.10. The van der Waals surface area contributed by atoms with Crippen molar-refractivity contribution in [3.8, 4) is 11.1 Å². The van der Waals surface area contributed by atoms with Crippen molar-refractivity contribution in [2.45, 2.75) is 5.60 Å². The van der Waals surface area contributed by atoms with Gasteiger partial charge >= 0.3 is 0 Å². The number of benzene rings is 2. The highest BCUT2D eigenvalue weighted by atomic mass is 16.3. The Morgan fingerprint density at radius 1 is 0.700 bits per heavy atom. The summed E-state index contributed by atoms with van der Waals surface area (Å²) in [7, 11) is 0. The van der Waals surface area contributed by atoms with E-state index < -0.39 is 5.60 Å². The van der Waals surface area contributed by atoms with Crippen LogP contribution in [0.3, 0.4) is 0 Å². The average molecular weight is 259 g/mol. The molecule has 96 valence electrons. The SMILES string of the molecule is OC1(c2ccccn2)c2ccccc2-c2ccccc21. The standard InChI is InChI=1S/C18H13NO/c20-18(17-11-5-6-12-19-17)15-9-3-1-7-13(15)14-8-2-4-10-16(14)18/h1-12,20H. The molecule has 1 aromatic heterocycles. The largest absolute Gasteiger partial charge is 0.374 e. The lowest BCUT2D eigenvalue weighted by atomic mass is 9.88. The Morgan fingerprint density at radius 3 is 1.80 bits per heavy atom. The second kappa shape index (κ2) is 4.02. The van der Waals surface area contributed by atoms with Crippen LogP contribution in [0.4, 0.5) is 0 Å². The summed E-state index contributed by atoms with van der Waals surface area (Å²) in [6, 6.07) is 21.6. The molecule has 20 heavy (non-hydrogen) atoms. The van der Waals surface area contributed by atoms with E-state index in [1.54, 1.807) is 6.20 Å². The Bertz CT molecular complexity index is 735. The average Bonchev–Trinajstić information content (AvgIpc) is 2.80. The van der Waals surface area contributed by atoms with E-state index in [-0.39, 0.29) is 0 Å². The summed E-state index contributed by atoms with van der Waals surface area (Å²) >= 11 is 0. The number of fused-ring (bicyclic) bond motifs is 3. The third kappa shape index (κ3) is 1.34. The lowest BCUT2D eigenvalue weighted by Crippen LogP contribution is -2.27. The van der Waals surface area contributed by atoms with Crippen LogP contribution in [0.2, 0.25) is 0 Å². The topological polar surface area (TPSA) is 33.1 Å². The van der Waals surface area contributed by atoms with Crippen molar-refractivity contribution >= 4 is 0 Å². The lowest BCUT2D eigenvalue weighted by Gasteiger charge is -2.25. The molecule has 0 spiro atoms. The van der Waals surface area contributed by atoms with Crippen LogP contribution in [0.25, 0.3) is 11.1 Å². The molecule has 3 aromatic rings. The molecule has 0 unspecified atom stereocenters. The summed E-state index contributed by atoms with van der Waals surface area (Å²) in [4.78, 5) is 4.38. The van der Waals surface area contributed by atoms with Crippen molar-refractivity contribution in [1.29, 1.82) is 0 Å². The van der Waals surface area contributed by atoms with Crippen molar-refractivity contribution in [1.82, 2.24) is 4.98 Å². The highest BCUT2D eigenvalue weighted by Crippen LogP contribution is 2.49. The minimum atomic E-state index is -1.16. The number of nitrogens with zero attached hydrogens (tertiary/aromatic N) is 1. The molecule has 0 radical (unpaired) electrons. The van der Waals surface area contributed by atoms with E-state index in [4.69, 9.17) is 0 Å². The second-order valence-electron chi connectivity index (χ2n) is 5.02. The first-order valence-corrected chi connectivity index (χ1v) is 6.65. The first-order chi connectivity index (χ1) is 9.82. The van der Waals surface area contributed by atoms with Gasteiger partial charge in [0.1, 0.15) is 0 Å². The van der Waals surface area contributed by atoms with E-state index in [1.807, 2.05) is 54.6 Å². The van der Waals surface area contributed by atoms with Gasteiger partial charge in [0.25, 0.3) is 0 Å². The van der Waals surface area contributed by atoms with Gasteiger partial charge in [0.2, 0.25) is 0 Å². The molecule has 2 aromatic carbocycles. The van der Waals surface area contributed by atoms with E-state index in [0.717, 1.165) is 22.3 Å². The van der Waals surface area contributed by atoms with Crippen molar-refractivity contribution in [2.75, 3.05) is 0 Å². The van der Waals surface area contributed by atoms with Gasteiger partial charge in [-0.25, -0.2) is 0 Å². The van der Waals surface area contributed by atoms with E-state index in [9.17, 15) is 5.11 Å². The fourth-order valence-corrected chi connectivity index (χ4v) is 3.06. The van der Waals surface area contributed by atoms with Crippen molar-refractivity contribution in [3.63, 3.8) is 0 Å². The highest BCUT2D eigenvalue weighted by molar-refractivity contribution is 5.81. The minimum absolute atomic E-state index is 0.664. The monoisotopic (exact) mass is 259 g/mol. The van der Waals surface area contributed by atoms with Crippen molar-refractivity contribution in [2.24, 2.45) is 0 Å². The summed E-state index contributed by atoms with van der Waals surface area (Å²) in [5.74, 6) is 0. The number of hydrogen-bond donors (Lipinski definition) is 1. The van der Waals surface area contributed by atoms with Gasteiger partial charge in [0, 0.05) is 17.3 Å². The van der Waals surface area contributed by atoms with Gasteiger partial charge in [-0.05, 0) is 23.3 Å². The Hall–Kier alpha value is -2.45. The molecule has 1 aliphatic rings. The van der Waals surface area contributed by atoms with E-state index >= 15 is 0 Å². The van der Waals surface area contributed by atoms with Crippen LogP contribution in [-0.4, -0.2) is 10.1 Å². The number of hydrogen-bond acceptors (Lipinski definition) is 2. The molecule has 0 fully saturated rings. The summed E-state index contributed by atoms with van der Waals surface area (Å²) in [6.07, 6.45) is 1.72. The molecular weight excluding hydrogens is 246 g/mol. The van der Waals surface area contributed by atoms with Crippen molar-refractivity contribution < 1.29 is 5.11 Å². The van der Waals surface area contributed by atoms with Crippen LogP contribution >= 0.6 is 0 Å². The molecule has 0 aliphatic heterocycles. The minimum Gasteiger partial charge on any atom is -0.374 e. The quantitative estimate of drug-likeness (QED) is 0.727. The zero-order valence-corrected chi connectivity index (χ0v) is 10.8. The molecule has 2 nitrogen and oxygen atoms in total. The number of aromatic nitrogens is 1. The first-order valence-electron chi connectivity index (χ1n) is 6.65. The molecule has 1 heterocycles. The third-order valence-electron chi connectivity index (χ3n) is 3.96. The van der Waals surface area contributed by atoms with E-state index in [2.05, 4.69) is 17.1 Å². The second-order valence-corrected chi connectivity index (χ2v) is 5.02.